The highest BCUT2D eigenvalue weighted by molar-refractivity contribution is 5.89. The van der Waals surface area contributed by atoms with Crippen LogP contribution >= 0.6 is 0 Å². The van der Waals surface area contributed by atoms with Crippen molar-refractivity contribution in [2.75, 3.05) is 43.6 Å². The maximum Gasteiger partial charge on any atom is 0.319 e. The van der Waals surface area contributed by atoms with E-state index in [1.807, 2.05) is 12.1 Å². The van der Waals surface area contributed by atoms with E-state index < -0.39 is 0 Å². The summed E-state index contributed by atoms with van der Waals surface area (Å²) in [5, 5.41) is 5.43. The molecule has 2 atom stereocenters. The largest absolute Gasteiger partial charge is 0.383 e. The van der Waals surface area contributed by atoms with Gasteiger partial charge in [-0.2, -0.15) is 0 Å². The Morgan fingerprint density at radius 1 is 1.41 bits per heavy atom. The lowest BCUT2D eigenvalue weighted by molar-refractivity contribution is -0.00545. The Morgan fingerprint density at radius 2 is 2.14 bits per heavy atom. The van der Waals surface area contributed by atoms with Gasteiger partial charge in [0.2, 0.25) is 0 Å². The number of rotatable bonds is 5. The quantitative estimate of drug-likeness (QED) is 0.806. The molecule has 2 heterocycles. The number of morpholine rings is 1. The molecule has 7 nitrogen and oxygen atoms in total. The lowest BCUT2D eigenvalue weighted by Gasteiger charge is -2.36. The molecule has 2 N–H and O–H groups in total. The van der Waals surface area contributed by atoms with Gasteiger partial charge in [-0.15, -0.1) is 0 Å². The Balaban J connectivity index is 1.88. The number of urea groups is 1. The molecule has 0 aliphatic carbocycles. The van der Waals surface area contributed by atoms with Crippen LogP contribution in [0.1, 0.15) is 13.8 Å². The number of carbonyl (C=O) groups is 1. The second kappa shape index (κ2) is 7.95. The van der Waals surface area contributed by atoms with E-state index in [9.17, 15) is 4.79 Å². The number of amides is 2. The third-order valence-corrected chi connectivity index (χ3v) is 3.34. The van der Waals surface area contributed by atoms with Gasteiger partial charge in [0.1, 0.15) is 5.82 Å². The summed E-state index contributed by atoms with van der Waals surface area (Å²) in [5.74, 6) is 0.896. The maximum absolute atomic E-state index is 11.6. The highest BCUT2D eigenvalue weighted by Gasteiger charge is 2.22. The molecule has 0 saturated carbocycles. The van der Waals surface area contributed by atoms with Crippen LogP contribution in [0.15, 0.2) is 18.3 Å². The first-order chi connectivity index (χ1) is 10.6. The summed E-state index contributed by atoms with van der Waals surface area (Å²) in [6, 6.07) is 3.50. The lowest BCUT2D eigenvalue weighted by Crippen LogP contribution is -2.45. The predicted octanol–water partition coefficient (Wildman–Crippen LogP) is 1.46. The van der Waals surface area contributed by atoms with Crippen molar-refractivity contribution in [3.8, 4) is 0 Å². The average Bonchev–Trinajstić information content (AvgIpc) is 2.47. The molecule has 0 spiro atoms. The van der Waals surface area contributed by atoms with Crippen molar-refractivity contribution in [3.05, 3.63) is 18.3 Å². The second-order valence-corrected chi connectivity index (χ2v) is 5.44. The van der Waals surface area contributed by atoms with E-state index >= 15 is 0 Å². The smallest absolute Gasteiger partial charge is 0.319 e. The van der Waals surface area contributed by atoms with Gasteiger partial charge in [0, 0.05) is 26.7 Å². The highest BCUT2D eigenvalue weighted by Crippen LogP contribution is 2.19. The van der Waals surface area contributed by atoms with Crippen LogP contribution in [-0.4, -0.2) is 56.6 Å². The third-order valence-electron chi connectivity index (χ3n) is 3.34. The highest BCUT2D eigenvalue weighted by atomic mass is 16.5. The molecule has 1 saturated heterocycles. The molecule has 1 aromatic rings. The number of nitrogens with one attached hydrogen (secondary N) is 2. The van der Waals surface area contributed by atoms with Crippen LogP contribution in [0.2, 0.25) is 0 Å². The van der Waals surface area contributed by atoms with E-state index in [-0.39, 0.29) is 18.2 Å². The molecular weight excluding hydrogens is 284 g/mol. The Labute approximate surface area is 131 Å². The summed E-state index contributed by atoms with van der Waals surface area (Å²) in [6.45, 7) is 6.71. The summed E-state index contributed by atoms with van der Waals surface area (Å²) < 4.78 is 10.6. The molecule has 122 valence electrons. The molecule has 2 amide bonds. The fourth-order valence-electron chi connectivity index (χ4n) is 2.45. The van der Waals surface area contributed by atoms with Crippen LogP contribution in [0.4, 0.5) is 16.3 Å². The molecule has 1 aliphatic heterocycles. The van der Waals surface area contributed by atoms with Crippen molar-refractivity contribution in [2.24, 2.45) is 0 Å². The van der Waals surface area contributed by atoms with E-state index in [1.54, 1.807) is 13.3 Å². The molecule has 22 heavy (non-hydrogen) atoms. The summed E-state index contributed by atoms with van der Waals surface area (Å²) in [5.41, 5.74) is 0.660. The van der Waals surface area contributed by atoms with Crippen molar-refractivity contribution in [2.45, 2.75) is 26.1 Å². The fourth-order valence-corrected chi connectivity index (χ4v) is 2.45. The number of hydrogen-bond donors (Lipinski definition) is 2. The first kappa shape index (κ1) is 16.5. The average molecular weight is 308 g/mol. The van der Waals surface area contributed by atoms with Crippen molar-refractivity contribution in [1.82, 2.24) is 10.3 Å². The molecule has 1 fully saturated rings. The second-order valence-electron chi connectivity index (χ2n) is 5.44. The number of ether oxygens (including phenoxy) is 2. The predicted molar refractivity (Wildman–Crippen MR) is 85.4 cm³/mol. The van der Waals surface area contributed by atoms with E-state index in [2.05, 4.69) is 34.4 Å². The Bertz CT molecular complexity index is 470. The van der Waals surface area contributed by atoms with E-state index in [1.165, 1.54) is 0 Å². The maximum atomic E-state index is 11.6. The molecule has 0 unspecified atom stereocenters. The first-order valence-electron chi connectivity index (χ1n) is 7.48. The molecule has 0 bridgehead atoms. The van der Waals surface area contributed by atoms with E-state index in [4.69, 9.17) is 9.47 Å². The topological polar surface area (TPSA) is 75.7 Å². The number of methoxy groups -OCH3 is 1. The fraction of sp³-hybridized carbons (Fsp3) is 0.600. The van der Waals surface area contributed by atoms with Crippen LogP contribution in [0.5, 0.6) is 0 Å². The molecule has 0 radical (unpaired) electrons. The molecule has 1 aliphatic rings. The molecular formula is C15H24N4O3. The number of pyridine rings is 1. The summed E-state index contributed by atoms with van der Waals surface area (Å²) in [7, 11) is 1.59. The Hall–Kier alpha value is -1.86. The zero-order chi connectivity index (χ0) is 15.9. The number of aromatic nitrogens is 1. The number of carbonyl (C=O) groups excluding carboxylic acids is 1. The summed E-state index contributed by atoms with van der Waals surface area (Å²) in [4.78, 5) is 18.2. The third kappa shape index (κ3) is 4.85. The SMILES string of the molecule is COCCNC(=O)Nc1ccc(N2C[C@@H](C)O[C@@H](C)C2)nc1. The van der Waals surface area contributed by atoms with Gasteiger partial charge in [0.25, 0.3) is 0 Å². The standard InChI is InChI=1S/C15H24N4O3/c1-11-9-19(10-12(2)22-11)14-5-4-13(8-17-14)18-15(20)16-6-7-21-3/h4-5,8,11-12H,6-7,9-10H2,1-3H3,(H2,16,18,20)/t11-,12+. The molecule has 2 rings (SSSR count). The lowest BCUT2D eigenvalue weighted by atomic mass is 10.2. The zero-order valence-corrected chi connectivity index (χ0v) is 13.3. The minimum atomic E-state index is -0.264. The first-order valence-corrected chi connectivity index (χ1v) is 7.48. The normalized spacial score (nSPS) is 21.5. The molecule has 7 heteroatoms. The van der Waals surface area contributed by atoms with Gasteiger partial charge < -0.3 is 25.0 Å². The van der Waals surface area contributed by atoms with Crippen molar-refractivity contribution < 1.29 is 14.3 Å². The van der Waals surface area contributed by atoms with Crippen LogP contribution in [0.3, 0.4) is 0 Å². The summed E-state index contributed by atoms with van der Waals surface area (Å²) >= 11 is 0. The van der Waals surface area contributed by atoms with Crippen LogP contribution in [0, 0.1) is 0 Å². The van der Waals surface area contributed by atoms with Gasteiger partial charge in [-0.25, -0.2) is 9.78 Å². The monoisotopic (exact) mass is 308 g/mol. The number of nitrogens with zero attached hydrogens (tertiary/aromatic N) is 2. The van der Waals surface area contributed by atoms with Gasteiger partial charge in [-0.3, -0.25) is 0 Å². The van der Waals surface area contributed by atoms with Crippen LogP contribution in [0.25, 0.3) is 0 Å². The molecule has 0 aromatic carbocycles. The minimum absolute atomic E-state index is 0.190. The summed E-state index contributed by atoms with van der Waals surface area (Å²) in [6.07, 6.45) is 2.04. The zero-order valence-electron chi connectivity index (χ0n) is 13.3. The Morgan fingerprint density at radius 3 is 2.73 bits per heavy atom. The molecule has 1 aromatic heterocycles. The van der Waals surface area contributed by atoms with Gasteiger partial charge in [0.05, 0.1) is 30.7 Å². The van der Waals surface area contributed by atoms with Crippen LogP contribution in [-0.2, 0) is 9.47 Å². The van der Waals surface area contributed by atoms with E-state index in [0.717, 1.165) is 18.9 Å². The van der Waals surface area contributed by atoms with Gasteiger partial charge in [-0.05, 0) is 26.0 Å². The van der Waals surface area contributed by atoms with Crippen molar-refractivity contribution >= 4 is 17.5 Å². The van der Waals surface area contributed by atoms with Crippen molar-refractivity contribution in [3.63, 3.8) is 0 Å². The van der Waals surface area contributed by atoms with Gasteiger partial charge in [0.15, 0.2) is 0 Å². The van der Waals surface area contributed by atoms with E-state index in [0.29, 0.717) is 18.8 Å². The minimum Gasteiger partial charge on any atom is -0.383 e. The Kier molecular flexibility index (Phi) is 5.97. The van der Waals surface area contributed by atoms with Crippen LogP contribution < -0.4 is 15.5 Å². The number of anilines is 2. The number of hydrogen-bond acceptors (Lipinski definition) is 5. The van der Waals surface area contributed by atoms with Gasteiger partial charge in [-0.1, -0.05) is 0 Å². The van der Waals surface area contributed by atoms with Crippen molar-refractivity contribution in [1.29, 1.82) is 0 Å². The van der Waals surface area contributed by atoms with Gasteiger partial charge >= 0.3 is 6.03 Å².